The molecule has 8 nitrogen and oxygen atoms in total. The van der Waals surface area contributed by atoms with Crippen molar-refractivity contribution in [2.45, 2.75) is 31.1 Å². The molecule has 0 saturated carbocycles. The highest BCUT2D eigenvalue weighted by Crippen LogP contribution is 2.33. The molecular formula is C22H25FN6O2S. The van der Waals surface area contributed by atoms with Crippen molar-refractivity contribution in [1.29, 1.82) is 0 Å². The minimum absolute atomic E-state index is 0.229. The van der Waals surface area contributed by atoms with Crippen LogP contribution in [0.25, 0.3) is 11.4 Å². The van der Waals surface area contributed by atoms with E-state index in [1.54, 1.807) is 18.3 Å². The minimum Gasteiger partial charge on any atom is -0.593 e. The molecule has 2 atom stereocenters. The first kappa shape index (κ1) is 21.3. The molecule has 3 aromatic rings. The summed E-state index contributed by atoms with van der Waals surface area (Å²) in [5, 5.41) is 2.96. The van der Waals surface area contributed by atoms with Gasteiger partial charge in [-0.2, -0.15) is 0 Å². The summed E-state index contributed by atoms with van der Waals surface area (Å²) in [5.74, 6) is 1.07. The van der Waals surface area contributed by atoms with Gasteiger partial charge in [-0.05, 0) is 43.9 Å². The van der Waals surface area contributed by atoms with Crippen molar-refractivity contribution < 1.29 is 13.7 Å². The maximum absolute atomic E-state index is 14.8. The fraction of sp³-hybridized carbons (Fsp3) is 0.409. The highest BCUT2D eigenvalue weighted by molar-refractivity contribution is 7.89. The van der Waals surface area contributed by atoms with Gasteiger partial charge in [0.25, 0.3) is 0 Å². The van der Waals surface area contributed by atoms with Gasteiger partial charge in [-0.15, -0.1) is 4.72 Å². The number of aryl methyl sites for hydroxylation is 3. The second-order valence-electron chi connectivity index (χ2n) is 8.19. The molecule has 168 valence electrons. The maximum atomic E-state index is 14.8. The molecular weight excluding hydrogens is 431 g/mol. The Kier molecular flexibility index (Phi) is 5.85. The number of hydrogen-bond acceptors (Lipinski definition) is 7. The van der Waals surface area contributed by atoms with Crippen LogP contribution >= 0.6 is 0 Å². The van der Waals surface area contributed by atoms with Gasteiger partial charge in [-0.25, -0.2) is 19.3 Å². The average Bonchev–Trinajstić information content (AvgIpc) is 3.41. The van der Waals surface area contributed by atoms with Crippen LogP contribution in [-0.4, -0.2) is 43.8 Å². The molecule has 2 N–H and O–H groups in total. The number of benzene rings is 1. The Balaban J connectivity index is 1.32. The molecule has 0 amide bonds. The van der Waals surface area contributed by atoms with E-state index in [4.69, 9.17) is 4.74 Å². The van der Waals surface area contributed by atoms with Gasteiger partial charge >= 0.3 is 0 Å². The Morgan fingerprint density at radius 1 is 1.31 bits per heavy atom. The van der Waals surface area contributed by atoms with Crippen molar-refractivity contribution in [3.8, 4) is 11.4 Å². The molecule has 0 radical (unpaired) electrons. The molecule has 2 aromatic heterocycles. The average molecular weight is 457 g/mol. The van der Waals surface area contributed by atoms with Crippen molar-refractivity contribution in [2.24, 2.45) is 13.0 Å². The third-order valence-corrected chi connectivity index (χ3v) is 7.15. The minimum atomic E-state index is -1.49. The van der Waals surface area contributed by atoms with E-state index in [0.29, 0.717) is 29.9 Å². The van der Waals surface area contributed by atoms with Crippen LogP contribution in [-0.2, 0) is 36.0 Å². The van der Waals surface area contributed by atoms with Gasteiger partial charge in [-0.3, -0.25) is 0 Å². The normalized spacial score (nSPS) is 18.3. The fourth-order valence-electron chi connectivity index (χ4n) is 4.11. The summed E-state index contributed by atoms with van der Waals surface area (Å²) >= 11 is -1.49. The molecule has 0 spiro atoms. The van der Waals surface area contributed by atoms with Crippen LogP contribution in [0.1, 0.15) is 23.5 Å². The maximum Gasteiger partial charge on any atom is 0.227 e. The lowest BCUT2D eigenvalue weighted by atomic mass is 9.98. The zero-order valence-corrected chi connectivity index (χ0v) is 18.8. The Morgan fingerprint density at radius 3 is 2.97 bits per heavy atom. The predicted molar refractivity (Wildman–Crippen MR) is 119 cm³/mol. The van der Waals surface area contributed by atoms with Crippen LogP contribution in [0, 0.1) is 18.7 Å². The summed E-state index contributed by atoms with van der Waals surface area (Å²) in [6.45, 7) is 3.95. The molecule has 1 saturated heterocycles. The number of nitrogens with zero attached hydrogens (tertiary/aromatic N) is 4. The SMILES string of the molecule is Cc1nc2c(n1C)-c1nc(Nc3ccc([S+]([O-])NCC4CCOC4)cc3F)ncc1CC2. The van der Waals surface area contributed by atoms with Gasteiger partial charge < -0.3 is 19.2 Å². The topological polar surface area (TPSA) is 100.0 Å². The summed E-state index contributed by atoms with van der Waals surface area (Å²) in [7, 11) is 1.97. The lowest BCUT2D eigenvalue weighted by Crippen LogP contribution is -2.29. The van der Waals surface area contributed by atoms with Gasteiger partial charge in [0.15, 0.2) is 10.7 Å². The van der Waals surface area contributed by atoms with Gasteiger partial charge in [-0.1, -0.05) is 0 Å². The number of rotatable bonds is 6. The van der Waals surface area contributed by atoms with Crippen LogP contribution in [0.4, 0.5) is 16.0 Å². The Hall–Kier alpha value is -2.53. The molecule has 5 rings (SSSR count). The smallest absolute Gasteiger partial charge is 0.227 e. The number of fused-ring (bicyclic) bond motifs is 3. The standard InChI is InChI=1S/C22H25FN6O2S/c1-13-26-19-5-3-15-11-24-22(28-20(15)21(19)29(13)2)27-18-6-4-16(9-17(18)23)32(30)25-10-14-7-8-31-12-14/h4,6,9,11,14,25H,3,5,7-8,10,12H2,1-2H3,(H,24,27,28). The second kappa shape index (κ2) is 8.78. The summed E-state index contributed by atoms with van der Waals surface area (Å²) in [6, 6.07) is 4.48. The van der Waals surface area contributed by atoms with Crippen molar-refractivity contribution >= 4 is 23.0 Å². The third-order valence-electron chi connectivity index (χ3n) is 6.04. The summed E-state index contributed by atoms with van der Waals surface area (Å²) in [5.41, 5.74) is 4.11. The van der Waals surface area contributed by atoms with Gasteiger partial charge in [0.2, 0.25) is 5.95 Å². The predicted octanol–water partition coefficient (Wildman–Crippen LogP) is 2.82. The van der Waals surface area contributed by atoms with E-state index in [1.165, 1.54) is 6.07 Å². The van der Waals surface area contributed by atoms with E-state index in [1.807, 2.05) is 18.5 Å². The number of aromatic nitrogens is 4. The molecule has 0 bridgehead atoms. The lowest BCUT2D eigenvalue weighted by Gasteiger charge is -2.17. The van der Waals surface area contributed by atoms with Crippen molar-refractivity contribution in [3.05, 3.63) is 47.3 Å². The second-order valence-corrected chi connectivity index (χ2v) is 9.49. The van der Waals surface area contributed by atoms with E-state index in [0.717, 1.165) is 54.3 Å². The number of nitrogens with one attached hydrogen (secondary N) is 2. The quantitative estimate of drug-likeness (QED) is 0.550. The molecule has 3 heterocycles. The number of anilines is 2. The largest absolute Gasteiger partial charge is 0.593 e. The lowest BCUT2D eigenvalue weighted by molar-refractivity contribution is 0.186. The first-order chi connectivity index (χ1) is 15.5. The van der Waals surface area contributed by atoms with E-state index < -0.39 is 17.2 Å². The summed E-state index contributed by atoms with van der Waals surface area (Å²) in [4.78, 5) is 14.0. The van der Waals surface area contributed by atoms with Crippen LogP contribution in [0.2, 0.25) is 0 Å². The van der Waals surface area contributed by atoms with Crippen molar-refractivity contribution in [1.82, 2.24) is 24.2 Å². The highest BCUT2D eigenvalue weighted by Gasteiger charge is 2.25. The van der Waals surface area contributed by atoms with E-state index in [-0.39, 0.29) is 5.69 Å². The fourth-order valence-corrected chi connectivity index (χ4v) is 5.07. The van der Waals surface area contributed by atoms with Crippen molar-refractivity contribution in [3.63, 3.8) is 0 Å². The number of halogens is 1. The summed E-state index contributed by atoms with van der Waals surface area (Å²) in [6.07, 6.45) is 4.42. The molecule has 2 unspecified atom stereocenters. The van der Waals surface area contributed by atoms with Gasteiger partial charge in [0, 0.05) is 38.4 Å². The van der Waals surface area contributed by atoms with E-state index >= 15 is 0 Å². The highest BCUT2D eigenvalue weighted by atomic mass is 32.2. The molecule has 1 aliphatic carbocycles. The zero-order valence-electron chi connectivity index (χ0n) is 18.0. The first-order valence-corrected chi connectivity index (χ1v) is 11.8. The van der Waals surface area contributed by atoms with E-state index in [2.05, 4.69) is 25.0 Å². The van der Waals surface area contributed by atoms with Crippen molar-refractivity contribution in [2.75, 3.05) is 25.1 Å². The third kappa shape index (κ3) is 4.11. The molecule has 10 heteroatoms. The van der Waals surface area contributed by atoms with Crippen LogP contribution in [0.3, 0.4) is 0 Å². The van der Waals surface area contributed by atoms with Crippen LogP contribution in [0.5, 0.6) is 0 Å². The van der Waals surface area contributed by atoms with E-state index in [9.17, 15) is 8.94 Å². The van der Waals surface area contributed by atoms with Gasteiger partial charge in [0.05, 0.1) is 40.7 Å². The molecule has 2 aliphatic rings. The molecule has 1 fully saturated rings. The Morgan fingerprint density at radius 2 is 2.19 bits per heavy atom. The first-order valence-electron chi connectivity index (χ1n) is 10.7. The molecule has 1 aromatic carbocycles. The Bertz CT molecular complexity index is 1150. The number of hydrogen-bond donors (Lipinski definition) is 2. The van der Waals surface area contributed by atoms with Gasteiger partial charge in [0.1, 0.15) is 5.82 Å². The molecule has 1 aliphatic heterocycles. The number of imidazole rings is 1. The monoisotopic (exact) mass is 456 g/mol. The molecule has 32 heavy (non-hydrogen) atoms. The number of ether oxygens (including phenoxy) is 1. The van der Waals surface area contributed by atoms with Crippen LogP contribution < -0.4 is 10.0 Å². The Labute approximate surface area is 189 Å². The summed E-state index contributed by atoms with van der Waals surface area (Å²) < 4.78 is 37.6. The zero-order chi connectivity index (χ0) is 22.2. The van der Waals surface area contributed by atoms with Crippen LogP contribution in [0.15, 0.2) is 29.3 Å².